The Balaban J connectivity index is 4.96. The molecule has 0 aromatic carbocycles. The molecular weight excluding hydrogens is 420 g/mol. The van der Waals surface area contributed by atoms with Gasteiger partial charge in [-0.15, -0.1) is 0 Å². The van der Waals surface area contributed by atoms with E-state index in [4.69, 9.17) is 21.1 Å². The second kappa shape index (κ2) is 13.1. The van der Waals surface area contributed by atoms with E-state index < -0.39 is 72.3 Å². The summed E-state index contributed by atoms with van der Waals surface area (Å²) in [6, 6.07) is -5.57. The minimum absolute atomic E-state index is 0.207. The molecule has 5 unspecified atom stereocenters. The van der Waals surface area contributed by atoms with E-state index >= 15 is 0 Å². The minimum Gasteiger partial charge on any atom is -0.481 e. The molecule has 0 aliphatic heterocycles. The Morgan fingerprint density at radius 1 is 0.774 bits per heavy atom. The van der Waals surface area contributed by atoms with Crippen molar-refractivity contribution in [1.82, 2.24) is 16.0 Å². The third-order valence-corrected chi connectivity index (χ3v) is 4.08. The van der Waals surface area contributed by atoms with Crippen LogP contribution in [0.2, 0.25) is 0 Å². The Morgan fingerprint density at radius 3 is 1.74 bits per heavy atom. The average Bonchev–Trinajstić information content (AvgIpc) is 2.65. The summed E-state index contributed by atoms with van der Waals surface area (Å²) in [5, 5.41) is 42.5. The van der Waals surface area contributed by atoms with Crippen LogP contribution in [0.3, 0.4) is 0 Å². The van der Waals surface area contributed by atoms with Crippen LogP contribution in [0.4, 0.5) is 0 Å². The normalized spacial score (nSPS) is 15.5. The maximum Gasteiger partial charge on any atom is 0.326 e. The maximum absolute atomic E-state index is 12.4. The van der Waals surface area contributed by atoms with Crippen LogP contribution in [-0.2, 0) is 28.8 Å². The molecule has 31 heavy (non-hydrogen) atoms. The summed E-state index contributed by atoms with van der Waals surface area (Å²) in [6.45, 7) is 2.40. The van der Waals surface area contributed by atoms with Crippen molar-refractivity contribution in [1.29, 1.82) is 0 Å². The second-order valence-corrected chi connectivity index (χ2v) is 6.83. The molecule has 9 N–H and O–H groups in total. The first-order valence-electron chi connectivity index (χ1n) is 9.27. The number of hydrogen-bond acceptors (Lipinski definition) is 8. The Labute approximate surface area is 177 Å². The van der Waals surface area contributed by atoms with Crippen LogP contribution >= 0.6 is 0 Å². The quantitative estimate of drug-likeness (QED) is 0.133. The highest BCUT2D eigenvalue weighted by Crippen LogP contribution is 2.02. The molecule has 0 aromatic rings. The summed E-state index contributed by atoms with van der Waals surface area (Å²) in [4.78, 5) is 68.8. The molecule has 0 saturated carbocycles. The smallest absolute Gasteiger partial charge is 0.326 e. The number of hydrogen-bond donors (Lipinski definition) is 8. The van der Waals surface area contributed by atoms with E-state index in [1.54, 1.807) is 0 Å². The summed E-state index contributed by atoms with van der Waals surface area (Å²) in [5.41, 5.74) is 5.55. The number of nitrogens with one attached hydrogen (secondary N) is 3. The van der Waals surface area contributed by atoms with E-state index in [2.05, 4.69) is 16.0 Å². The van der Waals surface area contributed by atoms with Crippen molar-refractivity contribution >= 4 is 35.6 Å². The lowest BCUT2D eigenvalue weighted by atomic mass is 10.1. The highest BCUT2D eigenvalue weighted by Gasteiger charge is 2.31. The van der Waals surface area contributed by atoms with Crippen molar-refractivity contribution in [3.8, 4) is 0 Å². The average molecular weight is 448 g/mol. The number of carbonyl (C=O) groups excluding carboxylic acids is 3. The van der Waals surface area contributed by atoms with Crippen molar-refractivity contribution in [2.45, 2.75) is 69.8 Å². The van der Waals surface area contributed by atoms with E-state index in [1.165, 1.54) is 13.8 Å². The lowest BCUT2D eigenvalue weighted by Gasteiger charge is -2.25. The highest BCUT2D eigenvalue weighted by atomic mass is 16.4. The number of aliphatic hydroxyl groups excluding tert-OH is 1. The van der Waals surface area contributed by atoms with Crippen LogP contribution in [0.5, 0.6) is 0 Å². The van der Waals surface area contributed by atoms with Crippen molar-refractivity contribution in [3.05, 3.63) is 0 Å². The fraction of sp³-hybridized carbons (Fsp3) is 0.647. The molecule has 14 heteroatoms. The Bertz CT molecular complexity index is 696. The molecule has 0 radical (unpaired) electrons. The zero-order valence-corrected chi connectivity index (χ0v) is 17.0. The first-order valence-corrected chi connectivity index (χ1v) is 9.27. The number of aliphatic hydroxyl groups is 1. The molecule has 14 nitrogen and oxygen atoms in total. The fourth-order valence-electron chi connectivity index (χ4n) is 2.27. The summed E-state index contributed by atoms with van der Waals surface area (Å²) in [6.07, 6.45) is -2.88. The lowest BCUT2D eigenvalue weighted by molar-refractivity contribution is -0.143. The molecule has 0 heterocycles. The maximum atomic E-state index is 12.4. The third-order valence-electron chi connectivity index (χ3n) is 4.08. The predicted molar refractivity (Wildman–Crippen MR) is 102 cm³/mol. The molecule has 0 rings (SSSR count). The molecule has 0 saturated heterocycles. The van der Waals surface area contributed by atoms with Gasteiger partial charge >= 0.3 is 17.9 Å². The van der Waals surface area contributed by atoms with Crippen LogP contribution in [0.1, 0.15) is 39.5 Å². The van der Waals surface area contributed by atoms with Gasteiger partial charge in [0.2, 0.25) is 17.7 Å². The largest absolute Gasteiger partial charge is 0.481 e. The van der Waals surface area contributed by atoms with Gasteiger partial charge in [0, 0.05) is 12.8 Å². The van der Waals surface area contributed by atoms with Gasteiger partial charge < -0.3 is 42.1 Å². The van der Waals surface area contributed by atoms with Crippen LogP contribution in [-0.4, -0.2) is 86.3 Å². The van der Waals surface area contributed by atoms with Gasteiger partial charge in [0.05, 0.1) is 12.1 Å². The molecule has 0 aliphatic carbocycles. The summed E-state index contributed by atoms with van der Waals surface area (Å²) >= 11 is 0. The van der Waals surface area contributed by atoms with E-state index in [0.29, 0.717) is 0 Å². The number of rotatable bonds is 14. The Kier molecular flexibility index (Phi) is 11.7. The van der Waals surface area contributed by atoms with Gasteiger partial charge in [-0.05, 0) is 26.7 Å². The monoisotopic (exact) mass is 448 g/mol. The molecule has 3 amide bonds. The molecule has 0 aliphatic rings. The number of carboxylic acid groups (broad SMARTS) is 3. The fourth-order valence-corrected chi connectivity index (χ4v) is 2.27. The van der Waals surface area contributed by atoms with E-state index in [-0.39, 0.29) is 19.3 Å². The van der Waals surface area contributed by atoms with E-state index in [1.807, 2.05) is 0 Å². The first kappa shape index (κ1) is 27.7. The number of amides is 3. The van der Waals surface area contributed by atoms with Gasteiger partial charge in [0.25, 0.3) is 0 Å². The van der Waals surface area contributed by atoms with E-state index in [0.717, 1.165) is 0 Å². The Morgan fingerprint density at radius 2 is 1.29 bits per heavy atom. The standard InChI is InChI=1S/C17H28N4O10/c1-7(14(27)20-10(17(30)31)4-6-12(25)26)19-16(29)13(8(2)22)21-15(28)9(18)3-5-11(23)24/h7-10,13,22H,3-6,18H2,1-2H3,(H,19,29)(H,20,27)(H,21,28)(H,23,24)(H,25,26)(H,30,31). The first-order chi connectivity index (χ1) is 14.3. The second-order valence-electron chi connectivity index (χ2n) is 6.83. The summed E-state index contributed by atoms with van der Waals surface area (Å²) in [5.74, 6) is -6.68. The summed E-state index contributed by atoms with van der Waals surface area (Å²) in [7, 11) is 0. The number of carboxylic acids is 3. The van der Waals surface area contributed by atoms with Crippen LogP contribution in [0.15, 0.2) is 0 Å². The van der Waals surface area contributed by atoms with Gasteiger partial charge in [-0.2, -0.15) is 0 Å². The zero-order valence-electron chi connectivity index (χ0n) is 17.0. The third kappa shape index (κ3) is 10.9. The molecule has 0 fully saturated rings. The van der Waals surface area contributed by atoms with Crippen LogP contribution in [0, 0.1) is 0 Å². The molecule has 0 bridgehead atoms. The molecule has 0 spiro atoms. The molecule has 5 atom stereocenters. The van der Waals surface area contributed by atoms with Crippen molar-refractivity contribution < 1.29 is 49.2 Å². The van der Waals surface area contributed by atoms with E-state index in [9.17, 15) is 33.9 Å². The molecule has 176 valence electrons. The van der Waals surface area contributed by atoms with Gasteiger partial charge in [-0.25, -0.2) is 4.79 Å². The predicted octanol–water partition coefficient (Wildman–Crippen LogP) is -3.02. The Hall–Kier alpha value is -3.26. The van der Waals surface area contributed by atoms with Crippen molar-refractivity contribution in [2.75, 3.05) is 0 Å². The number of carbonyl (C=O) groups is 6. The van der Waals surface area contributed by atoms with Crippen molar-refractivity contribution in [2.24, 2.45) is 5.73 Å². The topological polar surface area (TPSA) is 245 Å². The minimum atomic E-state index is -1.53. The van der Waals surface area contributed by atoms with Gasteiger partial charge in [0.15, 0.2) is 0 Å². The van der Waals surface area contributed by atoms with Crippen LogP contribution in [0.25, 0.3) is 0 Å². The molecular formula is C17H28N4O10. The zero-order chi connectivity index (χ0) is 24.3. The summed E-state index contributed by atoms with van der Waals surface area (Å²) < 4.78 is 0. The lowest BCUT2D eigenvalue weighted by Crippen LogP contribution is -2.59. The highest BCUT2D eigenvalue weighted by molar-refractivity contribution is 5.94. The van der Waals surface area contributed by atoms with Gasteiger partial charge in [-0.3, -0.25) is 24.0 Å². The SMILES string of the molecule is CC(NC(=O)C(NC(=O)C(N)CCC(=O)O)C(C)O)C(=O)NC(CCC(=O)O)C(=O)O. The number of nitrogens with two attached hydrogens (primary N) is 1. The van der Waals surface area contributed by atoms with Crippen LogP contribution < -0.4 is 21.7 Å². The number of aliphatic carboxylic acids is 3. The van der Waals surface area contributed by atoms with Crippen molar-refractivity contribution in [3.63, 3.8) is 0 Å². The van der Waals surface area contributed by atoms with Gasteiger partial charge in [0.1, 0.15) is 18.1 Å². The molecule has 0 aromatic heterocycles. The van der Waals surface area contributed by atoms with Gasteiger partial charge in [-0.1, -0.05) is 0 Å².